The Balaban J connectivity index is 1.08. The van der Waals surface area contributed by atoms with Gasteiger partial charge in [0.1, 0.15) is 0 Å². The van der Waals surface area contributed by atoms with Gasteiger partial charge in [0.05, 0.1) is 6.61 Å². The Kier molecular flexibility index (Phi) is 6.96. The van der Waals surface area contributed by atoms with Crippen LogP contribution in [-0.2, 0) is 17.7 Å². The van der Waals surface area contributed by atoms with Crippen LogP contribution in [0.5, 0.6) is 0 Å². The van der Waals surface area contributed by atoms with Gasteiger partial charge in [-0.3, -0.25) is 10.2 Å². The third-order valence-corrected chi connectivity index (χ3v) is 7.49. The molecule has 2 bridgehead atoms. The van der Waals surface area contributed by atoms with Crippen LogP contribution in [0.3, 0.4) is 0 Å². The first-order valence-corrected chi connectivity index (χ1v) is 12.5. The van der Waals surface area contributed by atoms with Crippen LogP contribution in [0.15, 0.2) is 78.9 Å². The highest BCUT2D eigenvalue weighted by Crippen LogP contribution is 2.42. The monoisotopic (exact) mass is 454 g/mol. The van der Waals surface area contributed by atoms with Crippen molar-refractivity contribution in [1.82, 2.24) is 4.90 Å². The molecule has 3 aromatic rings. The van der Waals surface area contributed by atoms with E-state index in [1.54, 1.807) is 0 Å². The smallest absolute Gasteiger partial charge is 0.411 e. The fourth-order valence-electron chi connectivity index (χ4n) is 5.65. The van der Waals surface area contributed by atoms with Crippen molar-refractivity contribution in [2.45, 2.75) is 32.7 Å². The van der Waals surface area contributed by atoms with Gasteiger partial charge in [0.25, 0.3) is 0 Å². The lowest BCUT2D eigenvalue weighted by atomic mass is 9.85. The molecule has 5 rings (SSSR count). The normalized spacial score (nSPS) is 21.9. The number of rotatable bonds is 7. The Hall–Kier alpha value is -3.11. The number of nitrogens with zero attached hydrogens (tertiary/aromatic N) is 1. The van der Waals surface area contributed by atoms with Gasteiger partial charge in [-0.2, -0.15) is 0 Å². The molecular weight excluding hydrogens is 420 g/mol. The predicted octanol–water partition coefficient (Wildman–Crippen LogP) is 6.29. The van der Waals surface area contributed by atoms with Crippen LogP contribution in [0, 0.1) is 24.7 Å². The zero-order valence-electron chi connectivity index (χ0n) is 20.0. The summed E-state index contributed by atoms with van der Waals surface area (Å²) < 4.78 is 5.69. The van der Waals surface area contributed by atoms with Gasteiger partial charge < -0.3 is 4.74 Å². The lowest BCUT2D eigenvalue weighted by Gasteiger charge is -2.37. The SMILES string of the molecule is Cc1ccc(Cc2ccc(NC(=O)OCC3C4CCC3CN(Cc3ccccc3)C4)cc2)cc1. The maximum atomic E-state index is 12.5. The van der Waals surface area contributed by atoms with E-state index < -0.39 is 0 Å². The Morgan fingerprint density at radius 2 is 1.47 bits per heavy atom. The Morgan fingerprint density at radius 3 is 2.12 bits per heavy atom. The second-order valence-corrected chi connectivity index (χ2v) is 10.0. The summed E-state index contributed by atoms with van der Waals surface area (Å²) in [7, 11) is 0. The summed E-state index contributed by atoms with van der Waals surface area (Å²) in [4.78, 5) is 15.0. The van der Waals surface area contributed by atoms with Gasteiger partial charge in [-0.25, -0.2) is 4.79 Å². The fraction of sp³-hybridized carbons (Fsp3) is 0.367. The van der Waals surface area contributed by atoms with Gasteiger partial charge in [-0.1, -0.05) is 72.3 Å². The maximum absolute atomic E-state index is 12.5. The van der Waals surface area contributed by atoms with Crippen LogP contribution in [0.25, 0.3) is 0 Å². The number of carbonyl (C=O) groups is 1. The van der Waals surface area contributed by atoms with Gasteiger partial charge in [-0.15, -0.1) is 0 Å². The van der Waals surface area contributed by atoms with Crippen molar-refractivity contribution in [2.75, 3.05) is 25.0 Å². The van der Waals surface area contributed by atoms with Crippen molar-refractivity contribution < 1.29 is 9.53 Å². The quantitative estimate of drug-likeness (QED) is 0.456. The molecule has 1 aliphatic heterocycles. The van der Waals surface area contributed by atoms with E-state index >= 15 is 0 Å². The summed E-state index contributed by atoms with van der Waals surface area (Å²) >= 11 is 0. The number of likely N-dealkylation sites (tertiary alicyclic amines) is 1. The van der Waals surface area contributed by atoms with Gasteiger partial charge in [0.2, 0.25) is 0 Å². The number of piperidine rings is 1. The molecule has 1 saturated heterocycles. The summed E-state index contributed by atoms with van der Waals surface area (Å²) in [5.74, 6) is 1.72. The molecule has 1 aliphatic carbocycles. The van der Waals surface area contributed by atoms with E-state index in [1.165, 1.54) is 35.1 Å². The summed E-state index contributed by atoms with van der Waals surface area (Å²) in [5, 5.41) is 2.90. The molecule has 2 fully saturated rings. The molecule has 176 valence electrons. The number of carbonyl (C=O) groups excluding carboxylic acids is 1. The third-order valence-electron chi connectivity index (χ3n) is 7.49. The van der Waals surface area contributed by atoms with Crippen molar-refractivity contribution in [3.63, 3.8) is 0 Å². The zero-order chi connectivity index (χ0) is 23.3. The maximum Gasteiger partial charge on any atom is 0.411 e. The minimum absolute atomic E-state index is 0.350. The number of aryl methyl sites for hydroxylation is 1. The lowest BCUT2D eigenvalue weighted by molar-refractivity contribution is 0.0528. The first kappa shape index (κ1) is 22.7. The van der Waals surface area contributed by atoms with E-state index in [0.29, 0.717) is 24.4 Å². The number of anilines is 1. The highest BCUT2D eigenvalue weighted by Gasteiger charge is 2.42. The average molecular weight is 455 g/mol. The molecule has 0 aromatic heterocycles. The fourth-order valence-corrected chi connectivity index (χ4v) is 5.65. The number of amides is 1. The first-order valence-electron chi connectivity index (χ1n) is 12.5. The number of benzene rings is 3. The Morgan fingerprint density at radius 1 is 0.853 bits per heavy atom. The molecule has 4 heteroatoms. The summed E-state index contributed by atoms with van der Waals surface area (Å²) in [6.45, 7) is 5.84. The second-order valence-electron chi connectivity index (χ2n) is 10.0. The van der Waals surface area contributed by atoms with E-state index in [0.717, 1.165) is 31.7 Å². The largest absolute Gasteiger partial charge is 0.449 e. The minimum Gasteiger partial charge on any atom is -0.449 e. The van der Waals surface area contributed by atoms with Crippen LogP contribution in [-0.4, -0.2) is 30.7 Å². The number of ether oxygens (including phenoxy) is 1. The lowest BCUT2D eigenvalue weighted by Crippen LogP contribution is -2.43. The molecule has 34 heavy (non-hydrogen) atoms. The van der Waals surface area contributed by atoms with Crippen LogP contribution < -0.4 is 5.32 Å². The van der Waals surface area contributed by atoms with E-state index in [-0.39, 0.29) is 6.09 Å². The van der Waals surface area contributed by atoms with Crippen LogP contribution in [0.2, 0.25) is 0 Å². The van der Waals surface area contributed by atoms with Crippen molar-refractivity contribution in [1.29, 1.82) is 0 Å². The Labute approximate surface area is 202 Å². The molecule has 1 amide bonds. The van der Waals surface area contributed by atoms with Gasteiger partial charge >= 0.3 is 6.09 Å². The summed E-state index contributed by atoms with van der Waals surface area (Å²) in [5.41, 5.74) is 5.93. The van der Waals surface area contributed by atoms with E-state index in [4.69, 9.17) is 4.74 Å². The highest BCUT2D eigenvalue weighted by molar-refractivity contribution is 5.84. The predicted molar refractivity (Wildman–Crippen MR) is 137 cm³/mol. The number of fused-ring (bicyclic) bond motifs is 2. The molecule has 2 aliphatic rings. The van der Waals surface area contributed by atoms with Gasteiger partial charge in [0, 0.05) is 31.2 Å². The molecular formula is C30H34N2O2. The number of hydrogen-bond acceptors (Lipinski definition) is 3. The van der Waals surface area contributed by atoms with Gasteiger partial charge in [-0.05, 0) is 66.8 Å². The van der Waals surface area contributed by atoms with Crippen molar-refractivity contribution in [3.8, 4) is 0 Å². The third kappa shape index (κ3) is 5.68. The topological polar surface area (TPSA) is 41.6 Å². The highest BCUT2D eigenvalue weighted by atomic mass is 16.5. The van der Waals surface area contributed by atoms with Crippen molar-refractivity contribution in [2.24, 2.45) is 17.8 Å². The van der Waals surface area contributed by atoms with Crippen molar-refractivity contribution >= 4 is 11.8 Å². The zero-order valence-corrected chi connectivity index (χ0v) is 20.0. The van der Waals surface area contributed by atoms with Crippen LogP contribution >= 0.6 is 0 Å². The number of hydrogen-bond donors (Lipinski definition) is 1. The molecule has 1 N–H and O–H groups in total. The van der Waals surface area contributed by atoms with Crippen molar-refractivity contribution in [3.05, 3.63) is 101 Å². The second kappa shape index (κ2) is 10.4. The molecule has 0 radical (unpaired) electrons. The molecule has 0 spiro atoms. The molecule has 1 heterocycles. The minimum atomic E-state index is -0.350. The standard InChI is InChI=1S/C30H34N2O2/c1-22-7-9-23(10-8-22)17-24-11-15-28(16-12-24)31-30(33)34-21-29-26-13-14-27(29)20-32(19-26)18-25-5-3-2-4-6-25/h2-12,15-16,26-27,29H,13-14,17-21H2,1H3,(H,31,33). The molecule has 1 saturated carbocycles. The molecule has 3 aromatic carbocycles. The average Bonchev–Trinajstić information content (AvgIpc) is 3.09. The molecule has 4 nitrogen and oxygen atoms in total. The first-order chi connectivity index (χ1) is 16.6. The molecule has 2 atom stereocenters. The van der Waals surface area contributed by atoms with Crippen LogP contribution in [0.4, 0.5) is 10.5 Å². The van der Waals surface area contributed by atoms with E-state index in [2.05, 4.69) is 83.9 Å². The Bertz CT molecular complexity index is 1070. The van der Waals surface area contributed by atoms with Gasteiger partial charge in [0.15, 0.2) is 0 Å². The summed E-state index contributed by atoms with van der Waals surface area (Å²) in [6, 6.07) is 27.4. The summed E-state index contributed by atoms with van der Waals surface area (Å²) in [6.07, 6.45) is 3.02. The van der Waals surface area contributed by atoms with E-state index in [9.17, 15) is 4.79 Å². The number of nitrogens with one attached hydrogen (secondary N) is 1. The van der Waals surface area contributed by atoms with Crippen LogP contribution in [0.1, 0.15) is 35.1 Å². The molecule has 2 unspecified atom stereocenters. The van der Waals surface area contributed by atoms with E-state index in [1.807, 2.05) is 12.1 Å².